The van der Waals surface area contributed by atoms with E-state index in [0.717, 1.165) is 11.3 Å². The second kappa shape index (κ2) is 5.78. The van der Waals surface area contributed by atoms with Crippen molar-refractivity contribution in [2.24, 2.45) is 5.73 Å². The van der Waals surface area contributed by atoms with E-state index < -0.39 is 0 Å². The van der Waals surface area contributed by atoms with Crippen LogP contribution in [0.3, 0.4) is 0 Å². The molecule has 0 spiro atoms. The zero-order valence-corrected chi connectivity index (χ0v) is 13.2. The average molecular weight is 303 g/mol. The van der Waals surface area contributed by atoms with Gasteiger partial charge in [0.15, 0.2) is 0 Å². The van der Waals surface area contributed by atoms with Crippen LogP contribution in [0, 0.1) is 5.41 Å². The Labute approximate surface area is 130 Å². The number of benzene rings is 2. The van der Waals surface area contributed by atoms with Gasteiger partial charge in [-0.15, -0.1) is 0 Å². The van der Waals surface area contributed by atoms with E-state index in [2.05, 4.69) is 20.8 Å². The minimum atomic E-state index is -0.0254. The van der Waals surface area contributed by atoms with Gasteiger partial charge in [0.1, 0.15) is 17.3 Å². The zero-order chi connectivity index (χ0) is 15.6. The van der Waals surface area contributed by atoms with Gasteiger partial charge in [0.2, 0.25) is 0 Å². The van der Waals surface area contributed by atoms with E-state index in [4.69, 9.17) is 27.5 Å². The molecule has 2 aromatic carbocycles. The molecule has 110 valence electrons. The maximum absolute atomic E-state index is 7.42. The fourth-order valence-corrected chi connectivity index (χ4v) is 2.26. The summed E-state index contributed by atoms with van der Waals surface area (Å²) in [5.41, 5.74) is 7.11. The van der Waals surface area contributed by atoms with Crippen LogP contribution in [0.5, 0.6) is 11.5 Å². The highest BCUT2D eigenvalue weighted by atomic mass is 35.5. The van der Waals surface area contributed by atoms with Gasteiger partial charge in [-0.3, -0.25) is 5.41 Å². The number of amidine groups is 1. The second-order valence-electron chi connectivity index (χ2n) is 5.91. The van der Waals surface area contributed by atoms with E-state index in [0.29, 0.717) is 16.3 Å². The lowest BCUT2D eigenvalue weighted by Gasteiger charge is -2.22. The summed E-state index contributed by atoms with van der Waals surface area (Å²) in [6, 6.07) is 13.0. The first-order chi connectivity index (χ1) is 9.79. The lowest BCUT2D eigenvalue weighted by Crippen LogP contribution is -2.12. The standard InChI is InChI=1S/C17H19ClN2O/c1-17(2,3)12-6-4-5-7-14(12)21-15-9-8-11(16(19)20)10-13(15)18/h4-10H,1-3H3,(H3,19,20). The molecule has 3 N–H and O–H groups in total. The first kappa shape index (κ1) is 15.4. The molecule has 0 radical (unpaired) electrons. The third-order valence-corrected chi connectivity index (χ3v) is 3.45. The number of halogens is 1. The molecule has 0 atom stereocenters. The first-order valence-electron chi connectivity index (χ1n) is 6.70. The summed E-state index contributed by atoms with van der Waals surface area (Å²) in [6.07, 6.45) is 0. The first-order valence-corrected chi connectivity index (χ1v) is 7.08. The summed E-state index contributed by atoms with van der Waals surface area (Å²) in [5, 5.41) is 7.85. The van der Waals surface area contributed by atoms with Gasteiger partial charge in [-0.25, -0.2) is 0 Å². The predicted molar refractivity (Wildman–Crippen MR) is 87.7 cm³/mol. The van der Waals surface area contributed by atoms with Crippen molar-refractivity contribution in [3.05, 3.63) is 58.6 Å². The Hall–Kier alpha value is -2.00. The molecule has 2 rings (SSSR count). The minimum absolute atomic E-state index is 0.0152. The third-order valence-electron chi connectivity index (χ3n) is 3.16. The van der Waals surface area contributed by atoms with Crippen molar-refractivity contribution in [3.63, 3.8) is 0 Å². The van der Waals surface area contributed by atoms with E-state index >= 15 is 0 Å². The summed E-state index contributed by atoms with van der Waals surface area (Å²) in [5.74, 6) is 1.32. The number of rotatable bonds is 3. The molecule has 0 aliphatic rings. The van der Waals surface area contributed by atoms with Crippen LogP contribution in [-0.4, -0.2) is 5.84 Å². The Morgan fingerprint density at radius 3 is 2.33 bits per heavy atom. The smallest absolute Gasteiger partial charge is 0.146 e. The number of nitrogen functional groups attached to an aromatic ring is 1. The van der Waals surface area contributed by atoms with E-state index in [-0.39, 0.29) is 11.3 Å². The fourth-order valence-electron chi connectivity index (χ4n) is 2.04. The van der Waals surface area contributed by atoms with Crippen molar-refractivity contribution in [1.82, 2.24) is 0 Å². The van der Waals surface area contributed by atoms with Gasteiger partial charge in [-0.1, -0.05) is 50.6 Å². The lowest BCUT2D eigenvalue weighted by molar-refractivity contribution is 0.455. The molecular formula is C17H19ClN2O. The molecule has 0 saturated carbocycles. The summed E-state index contributed by atoms with van der Waals surface area (Å²) >= 11 is 6.21. The van der Waals surface area contributed by atoms with Gasteiger partial charge in [0.25, 0.3) is 0 Å². The Balaban J connectivity index is 2.38. The Bertz CT molecular complexity index is 675. The van der Waals surface area contributed by atoms with Crippen LogP contribution in [-0.2, 0) is 5.41 Å². The van der Waals surface area contributed by atoms with Crippen LogP contribution in [0.4, 0.5) is 0 Å². The highest BCUT2D eigenvalue weighted by molar-refractivity contribution is 6.32. The molecule has 21 heavy (non-hydrogen) atoms. The lowest BCUT2D eigenvalue weighted by atomic mass is 9.86. The van der Waals surface area contributed by atoms with E-state index in [1.54, 1.807) is 18.2 Å². The Morgan fingerprint density at radius 2 is 1.76 bits per heavy atom. The number of hydrogen-bond donors (Lipinski definition) is 2. The van der Waals surface area contributed by atoms with Crippen molar-refractivity contribution in [1.29, 1.82) is 5.41 Å². The predicted octanol–water partition coefficient (Wildman–Crippen LogP) is 4.71. The topological polar surface area (TPSA) is 59.1 Å². The molecule has 0 bridgehead atoms. The monoisotopic (exact) mass is 302 g/mol. The maximum atomic E-state index is 7.42. The highest BCUT2D eigenvalue weighted by Gasteiger charge is 2.19. The van der Waals surface area contributed by atoms with Crippen molar-refractivity contribution < 1.29 is 4.74 Å². The molecule has 0 heterocycles. The number of nitrogens with one attached hydrogen (secondary N) is 1. The summed E-state index contributed by atoms with van der Waals surface area (Å²) in [6.45, 7) is 6.40. The quantitative estimate of drug-likeness (QED) is 0.637. The minimum Gasteiger partial charge on any atom is -0.455 e. The van der Waals surface area contributed by atoms with Gasteiger partial charge in [0.05, 0.1) is 5.02 Å². The molecule has 0 aliphatic heterocycles. The SMILES string of the molecule is CC(C)(C)c1ccccc1Oc1ccc(C(=N)N)cc1Cl. The molecule has 2 aromatic rings. The largest absolute Gasteiger partial charge is 0.455 e. The fraction of sp³-hybridized carbons (Fsp3) is 0.235. The Morgan fingerprint density at radius 1 is 1.10 bits per heavy atom. The van der Waals surface area contributed by atoms with Crippen LogP contribution < -0.4 is 10.5 Å². The van der Waals surface area contributed by atoms with Gasteiger partial charge < -0.3 is 10.5 Å². The summed E-state index contributed by atoms with van der Waals surface area (Å²) in [4.78, 5) is 0. The van der Waals surface area contributed by atoms with Crippen LogP contribution in [0.2, 0.25) is 5.02 Å². The van der Waals surface area contributed by atoms with Gasteiger partial charge >= 0.3 is 0 Å². The second-order valence-corrected chi connectivity index (χ2v) is 6.31. The van der Waals surface area contributed by atoms with E-state index in [1.165, 1.54) is 0 Å². The molecule has 0 amide bonds. The van der Waals surface area contributed by atoms with E-state index in [1.807, 2.05) is 24.3 Å². The van der Waals surface area contributed by atoms with Gasteiger partial charge in [-0.2, -0.15) is 0 Å². The van der Waals surface area contributed by atoms with Crippen molar-refractivity contribution in [2.75, 3.05) is 0 Å². The van der Waals surface area contributed by atoms with Crippen molar-refractivity contribution in [2.45, 2.75) is 26.2 Å². The summed E-state index contributed by atoms with van der Waals surface area (Å²) < 4.78 is 5.96. The third kappa shape index (κ3) is 3.56. The van der Waals surface area contributed by atoms with Crippen LogP contribution in [0.25, 0.3) is 0 Å². The average Bonchev–Trinajstić information content (AvgIpc) is 2.40. The zero-order valence-electron chi connectivity index (χ0n) is 12.4. The van der Waals surface area contributed by atoms with Crippen LogP contribution >= 0.6 is 11.6 Å². The number of hydrogen-bond acceptors (Lipinski definition) is 2. The molecule has 4 heteroatoms. The maximum Gasteiger partial charge on any atom is 0.146 e. The molecule has 0 aromatic heterocycles. The molecular weight excluding hydrogens is 284 g/mol. The number of para-hydroxylation sites is 1. The van der Waals surface area contributed by atoms with Crippen LogP contribution in [0.1, 0.15) is 31.9 Å². The molecule has 3 nitrogen and oxygen atoms in total. The number of ether oxygens (including phenoxy) is 1. The summed E-state index contributed by atoms with van der Waals surface area (Å²) in [7, 11) is 0. The van der Waals surface area contributed by atoms with Crippen molar-refractivity contribution in [3.8, 4) is 11.5 Å². The van der Waals surface area contributed by atoms with Gasteiger partial charge in [-0.05, 0) is 29.7 Å². The molecule has 0 saturated heterocycles. The Kier molecular flexibility index (Phi) is 4.24. The molecule has 0 aliphatic carbocycles. The normalized spacial score (nSPS) is 11.2. The molecule has 0 unspecified atom stereocenters. The highest BCUT2D eigenvalue weighted by Crippen LogP contribution is 2.36. The molecule has 0 fully saturated rings. The van der Waals surface area contributed by atoms with Crippen LogP contribution in [0.15, 0.2) is 42.5 Å². The van der Waals surface area contributed by atoms with E-state index in [9.17, 15) is 0 Å². The number of nitrogens with two attached hydrogens (primary N) is 1. The van der Waals surface area contributed by atoms with Gasteiger partial charge in [0, 0.05) is 11.1 Å². The van der Waals surface area contributed by atoms with Crippen molar-refractivity contribution >= 4 is 17.4 Å².